The van der Waals surface area contributed by atoms with E-state index < -0.39 is 20.2 Å². The first kappa shape index (κ1) is 43.5. The first-order valence-electron chi connectivity index (χ1n) is 18.0. The summed E-state index contributed by atoms with van der Waals surface area (Å²) in [6, 6.07) is 21.7. The maximum Gasteiger partial charge on any atom is 0.294 e. The summed E-state index contributed by atoms with van der Waals surface area (Å²) in [5.41, 5.74) is 4.28. The van der Waals surface area contributed by atoms with E-state index in [2.05, 4.69) is 50.9 Å². The quantitative estimate of drug-likeness (QED) is 0.0297. The molecule has 0 atom stereocenters. The van der Waals surface area contributed by atoms with Gasteiger partial charge in [0.05, 0.1) is 39.1 Å². The Morgan fingerprint density at radius 3 is 1.33 bits per heavy atom. The molecule has 5 rings (SSSR count). The molecule has 0 aliphatic carbocycles. The molecule has 1 aromatic heterocycles. The molecule has 1 heterocycles. The van der Waals surface area contributed by atoms with Gasteiger partial charge < -0.3 is 25.5 Å². The second-order valence-electron chi connectivity index (χ2n) is 12.2. The lowest BCUT2D eigenvalue weighted by Gasteiger charge is -2.22. The second kappa shape index (κ2) is 19.7. The molecule has 0 aliphatic heterocycles. The van der Waals surface area contributed by atoms with E-state index in [-0.39, 0.29) is 28.3 Å². The van der Waals surface area contributed by atoms with Crippen LogP contribution < -0.4 is 20.4 Å². The zero-order chi connectivity index (χ0) is 41.9. The van der Waals surface area contributed by atoms with Gasteiger partial charge >= 0.3 is 0 Å². The number of hydrogen-bond acceptors (Lipinski definition) is 17. The van der Waals surface area contributed by atoms with Crippen LogP contribution in [0, 0.1) is 0 Å². The highest BCUT2D eigenvalue weighted by Gasteiger charge is 2.16. The third-order valence-corrected chi connectivity index (χ3v) is 11.0. The van der Waals surface area contributed by atoms with E-state index in [0.717, 1.165) is 37.6 Å². The highest BCUT2D eigenvalue weighted by Crippen LogP contribution is 2.36. The molecule has 58 heavy (non-hydrogen) atoms. The number of rotatable bonds is 19. The number of anilines is 6. The summed E-state index contributed by atoms with van der Waals surface area (Å²) >= 11 is 1.22. The largest absolute Gasteiger partial charge is 0.396 e. The van der Waals surface area contributed by atoms with Gasteiger partial charge in [-0.3, -0.25) is 9.11 Å². The maximum absolute atomic E-state index is 11.5. The van der Waals surface area contributed by atoms with E-state index in [1.807, 2.05) is 52.0 Å². The summed E-state index contributed by atoms with van der Waals surface area (Å²) in [7, 11) is -8.75. The molecule has 21 heteroatoms. The van der Waals surface area contributed by atoms with Gasteiger partial charge in [-0.25, -0.2) is 0 Å². The average Bonchev–Trinajstić information content (AvgIpc) is 3.20. The van der Waals surface area contributed by atoms with E-state index in [4.69, 9.17) is 4.98 Å². The number of aliphatic hydroxyl groups excluding tert-OH is 1. The van der Waals surface area contributed by atoms with Crippen molar-refractivity contribution in [1.29, 1.82) is 0 Å². The van der Waals surface area contributed by atoms with Crippen molar-refractivity contribution in [2.75, 3.05) is 59.0 Å². The molecule has 0 bridgehead atoms. The smallest absolute Gasteiger partial charge is 0.294 e. The molecular weight excluding hydrogens is 807 g/mol. The van der Waals surface area contributed by atoms with Gasteiger partial charge in [0.25, 0.3) is 20.2 Å². The zero-order valence-electron chi connectivity index (χ0n) is 32.0. The van der Waals surface area contributed by atoms with E-state index in [0.29, 0.717) is 45.0 Å². The van der Waals surface area contributed by atoms with Crippen molar-refractivity contribution in [1.82, 2.24) is 15.0 Å². The Labute approximate surface area is 341 Å². The topological polar surface area (TPSA) is 248 Å². The molecule has 0 fully saturated rings. The fraction of sp³-hybridized carbons (Fsp3) is 0.270. The lowest BCUT2D eigenvalue weighted by molar-refractivity contribution is 0.322. The standard InChI is InChI=1S/C37H43N11O7S3/c1-5-47(6-2)27-13-19-31(45-43-25-9-15-29(16-10-25)57(50,51)52)33(23-27)38-35-40-36(42-37(41-35)56-22-21-49)39-34-24-28(48(7-3)8-4)14-20-32(34)46-44-26-11-17-30(18-12-26)58(53,54)55/h9-20,23-24,49H,5-8,21-22H2,1-4H3,(H,50,51,52)(H,53,54,55)(H2,38,39,40,41,42)/b45-43+,46-44+. The molecule has 5 aromatic rings. The Morgan fingerprint density at radius 1 is 0.586 bits per heavy atom. The number of nitrogens with zero attached hydrogens (tertiary/aromatic N) is 9. The van der Waals surface area contributed by atoms with Crippen LogP contribution in [0.5, 0.6) is 0 Å². The van der Waals surface area contributed by atoms with Gasteiger partial charge in [-0.15, -0.1) is 10.2 Å². The van der Waals surface area contributed by atoms with Crippen LogP contribution in [-0.4, -0.2) is 84.5 Å². The van der Waals surface area contributed by atoms with Crippen LogP contribution >= 0.6 is 11.8 Å². The van der Waals surface area contributed by atoms with Gasteiger partial charge in [-0.05, 0) is 113 Å². The minimum Gasteiger partial charge on any atom is -0.396 e. The second-order valence-corrected chi connectivity index (χ2v) is 16.1. The highest BCUT2D eigenvalue weighted by atomic mass is 32.2. The summed E-state index contributed by atoms with van der Waals surface area (Å²) in [6.07, 6.45) is 0. The Morgan fingerprint density at radius 2 is 0.983 bits per heavy atom. The number of thioether (sulfide) groups is 1. The highest BCUT2D eigenvalue weighted by molar-refractivity contribution is 7.99. The monoisotopic (exact) mass is 849 g/mol. The summed E-state index contributed by atoms with van der Waals surface area (Å²) < 4.78 is 64.7. The van der Waals surface area contributed by atoms with Gasteiger partial charge in [0, 0.05) is 43.3 Å². The van der Waals surface area contributed by atoms with Crippen molar-refractivity contribution < 1.29 is 31.0 Å². The summed E-state index contributed by atoms with van der Waals surface area (Å²) in [4.78, 5) is 17.7. The van der Waals surface area contributed by atoms with Gasteiger partial charge in [0.15, 0.2) is 5.16 Å². The molecule has 0 radical (unpaired) electrons. The van der Waals surface area contributed by atoms with Crippen molar-refractivity contribution in [2.45, 2.75) is 42.6 Å². The molecule has 5 N–H and O–H groups in total. The van der Waals surface area contributed by atoms with Gasteiger partial charge in [0.2, 0.25) is 11.9 Å². The number of aromatic nitrogens is 3. The van der Waals surface area contributed by atoms with Crippen LogP contribution in [0.2, 0.25) is 0 Å². The predicted molar refractivity (Wildman–Crippen MR) is 225 cm³/mol. The van der Waals surface area contributed by atoms with Gasteiger partial charge in [-0.2, -0.15) is 42.0 Å². The third kappa shape index (κ3) is 11.7. The Balaban J connectivity index is 1.55. The van der Waals surface area contributed by atoms with E-state index in [1.165, 1.54) is 60.3 Å². The number of aliphatic hydroxyl groups is 1. The van der Waals surface area contributed by atoms with Crippen LogP contribution in [0.4, 0.5) is 57.4 Å². The fourth-order valence-electron chi connectivity index (χ4n) is 5.50. The molecule has 0 aliphatic rings. The van der Waals surface area contributed by atoms with E-state index in [1.54, 1.807) is 12.1 Å². The molecule has 0 unspecified atom stereocenters. The minimum absolute atomic E-state index is 0.120. The summed E-state index contributed by atoms with van der Waals surface area (Å²) in [5, 5.41) is 33.9. The van der Waals surface area contributed by atoms with Crippen molar-refractivity contribution in [3.05, 3.63) is 84.9 Å². The number of nitrogens with one attached hydrogen (secondary N) is 2. The van der Waals surface area contributed by atoms with E-state index >= 15 is 0 Å². The van der Waals surface area contributed by atoms with Gasteiger partial charge in [0.1, 0.15) is 11.4 Å². The summed E-state index contributed by atoms with van der Waals surface area (Å²) in [5.74, 6) is 0.597. The molecule has 18 nitrogen and oxygen atoms in total. The molecule has 0 saturated heterocycles. The lowest BCUT2D eigenvalue weighted by atomic mass is 10.2. The molecule has 306 valence electrons. The van der Waals surface area contributed by atoms with Crippen molar-refractivity contribution >= 4 is 89.4 Å². The number of hydrogen-bond donors (Lipinski definition) is 5. The SMILES string of the molecule is CCN(CC)c1ccc(/N=N/c2ccc(S(=O)(=O)O)cc2)c(Nc2nc(Nc3cc(N(CC)CC)ccc3/N=N/c3ccc(S(=O)(=O)O)cc3)nc(SCCO)n2)c1. The van der Waals surface area contributed by atoms with Crippen molar-refractivity contribution in [3.8, 4) is 0 Å². The van der Waals surface area contributed by atoms with E-state index in [9.17, 15) is 31.0 Å². The Bertz CT molecular complexity index is 2300. The van der Waals surface area contributed by atoms with Crippen LogP contribution in [0.15, 0.2) is 120 Å². The average molecular weight is 850 g/mol. The first-order valence-corrected chi connectivity index (χ1v) is 21.9. The molecule has 0 saturated carbocycles. The van der Waals surface area contributed by atoms with Crippen molar-refractivity contribution in [2.24, 2.45) is 20.5 Å². The lowest BCUT2D eigenvalue weighted by Crippen LogP contribution is -2.21. The molecular formula is C37H43N11O7S3. The van der Waals surface area contributed by atoms with Crippen molar-refractivity contribution in [3.63, 3.8) is 0 Å². The fourth-order valence-corrected chi connectivity index (χ4v) is 7.03. The molecule has 0 amide bonds. The first-order chi connectivity index (χ1) is 27.7. The Hall–Kier alpha value is -5.58. The molecule has 0 spiro atoms. The normalized spacial score (nSPS) is 12.0. The zero-order valence-corrected chi connectivity index (χ0v) is 34.5. The summed E-state index contributed by atoms with van der Waals surface area (Å²) in [6.45, 7) is 11.0. The third-order valence-electron chi connectivity index (χ3n) is 8.46. The van der Waals surface area contributed by atoms with Crippen LogP contribution in [-0.2, 0) is 20.2 Å². The van der Waals surface area contributed by atoms with Crippen LogP contribution in [0.3, 0.4) is 0 Å². The van der Waals surface area contributed by atoms with Crippen LogP contribution in [0.25, 0.3) is 0 Å². The van der Waals surface area contributed by atoms with Crippen LogP contribution in [0.1, 0.15) is 27.7 Å². The minimum atomic E-state index is -4.37. The maximum atomic E-state index is 11.5. The van der Waals surface area contributed by atoms with Gasteiger partial charge in [-0.1, -0.05) is 11.8 Å². The number of azo groups is 2. The number of benzene rings is 4. The Kier molecular flexibility index (Phi) is 14.8. The molecule has 4 aromatic carbocycles. The predicted octanol–water partition coefficient (Wildman–Crippen LogP) is 8.46.